The Labute approximate surface area is 139 Å². The maximum atomic E-state index is 10.2. The Bertz CT molecular complexity index is 392. The number of methoxy groups -OCH3 is 1. The Hall–Kier alpha value is -0.400. The predicted molar refractivity (Wildman–Crippen MR) is 76.6 cm³/mol. The van der Waals surface area contributed by atoms with Crippen LogP contribution in [0.4, 0.5) is 0 Å². The highest BCUT2D eigenvalue weighted by atomic mass is 16.7. The first-order valence-electron chi connectivity index (χ1n) is 7.78. The standard InChI is InChI=1S/C14H26O10/c1-5-6(3-15)22-14(10(19)8(5)17)24-12-7(4-16)23-13(21-2)11(20)9(12)18/h5-20H,3-4H2,1-2H3/t5-,6?,7+,8+,9?,10?,11?,12?,13-,14+/m1/s1. The molecule has 0 aromatic carbocycles. The first kappa shape index (κ1) is 19.9. The molecular weight excluding hydrogens is 328 g/mol. The van der Waals surface area contributed by atoms with Crippen LogP contribution in [0.3, 0.4) is 0 Å². The SMILES string of the molecule is CO[C@@H]1O[C@@H](CO)C(O[C@@H]2OC(CO)[C@@H](C)[C@H](O)C2O)C(O)C1O. The van der Waals surface area contributed by atoms with E-state index in [-0.39, 0.29) is 0 Å². The van der Waals surface area contributed by atoms with Gasteiger partial charge in [0.2, 0.25) is 0 Å². The summed E-state index contributed by atoms with van der Waals surface area (Å²) in [5.74, 6) is -0.533. The van der Waals surface area contributed by atoms with Crippen LogP contribution in [0.15, 0.2) is 0 Å². The van der Waals surface area contributed by atoms with Crippen molar-refractivity contribution in [1.82, 2.24) is 0 Å². The smallest absolute Gasteiger partial charge is 0.187 e. The van der Waals surface area contributed by atoms with E-state index >= 15 is 0 Å². The molecule has 0 radical (unpaired) electrons. The Balaban J connectivity index is 2.12. The fourth-order valence-electron chi connectivity index (χ4n) is 2.96. The van der Waals surface area contributed by atoms with Gasteiger partial charge in [0.05, 0.1) is 25.4 Å². The van der Waals surface area contributed by atoms with E-state index in [0.717, 1.165) is 0 Å². The van der Waals surface area contributed by atoms with Gasteiger partial charge in [0.1, 0.15) is 30.5 Å². The number of rotatable bonds is 5. The summed E-state index contributed by atoms with van der Waals surface area (Å²) in [7, 11) is 1.27. The van der Waals surface area contributed by atoms with Crippen molar-refractivity contribution in [1.29, 1.82) is 0 Å². The third-order valence-electron chi connectivity index (χ3n) is 4.59. The molecule has 142 valence electrons. The van der Waals surface area contributed by atoms with Gasteiger partial charge in [0.25, 0.3) is 0 Å². The van der Waals surface area contributed by atoms with Crippen LogP contribution in [0.2, 0.25) is 0 Å². The molecule has 24 heavy (non-hydrogen) atoms. The maximum absolute atomic E-state index is 10.2. The van der Waals surface area contributed by atoms with Crippen LogP contribution in [-0.2, 0) is 18.9 Å². The molecule has 2 aliphatic heterocycles. The van der Waals surface area contributed by atoms with Crippen LogP contribution in [0.5, 0.6) is 0 Å². The van der Waals surface area contributed by atoms with Crippen molar-refractivity contribution in [3.05, 3.63) is 0 Å². The van der Waals surface area contributed by atoms with E-state index in [1.165, 1.54) is 7.11 Å². The zero-order valence-electron chi connectivity index (χ0n) is 13.5. The third-order valence-corrected chi connectivity index (χ3v) is 4.59. The van der Waals surface area contributed by atoms with Gasteiger partial charge in [0, 0.05) is 13.0 Å². The average molecular weight is 354 g/mol. The van der Waals surface area contributed by atoms with Crippen molar-refractivity contribution in [2.45, 2.75) is 62.2 Å². The van der Waals surface area contributed by atoms with Crippen molar-refractivity contribution < 1.29 is 49.6 Å². The maximum Gasteiger partial charge on any atom is 0.187 e. The van der Waals surface area contributed by atoms with E-state index in [2.05, 4.69) is 0 Å². The molecule has 0 bridgehead atoms. The zero-order valence-corrected chi connectivity index (χ0v) is 13.5. The molecule has 6 N–H and O–H groups in total. The van der Waals surface area contributed by atoms with E-state index < -0.39 is 74.4 Å². The molecule has 0 aromatic heterocycles. The van der Waals surface area contributed by atoms with Crippen molar-refractivity contribution in [2.24, 2.45) is 5.92 Å². The summed E-state index contributed by atoms with van der Waals surface area (Å²) in [4.78, 5) is 0. The second-order valence-corrected chi connectivity index (χ2v) is 6.11. The molecule has 0 saturated carbocycles. The van der Waals surface area contributed by atoms with Gasteiger partial charge < -0.3 is 49.6 Å². The van der Waals surface area contributed by atoms with E-state index in [1.54, 1.807) is 6.92 Å². The second kappa shape index (κ2) is 8.32. The molecule has 0 amide bonds. The minimum atomic E-state index is -1.49. The number of ether oxygens (including phenoxy) is 4. The van der Waals surface area contributed by atoms with Crippen LogP contribution in [0.25, 0.3) is 0 Å². The van der Waals surface area contributed by atoms with Crippen LogP contribution >= 0.6 is 0 Å². The van der Waals surface area contributed by atoms with Gasteiger partial charge in [-0.15, -0.1) is 0 Å². The summed E-state index contributed by atoms with van der Waals surface area (Å²) in [6.45, 7) is 0.666. The van der Waals surface area contributed by atoms with Crippen LogP contribution in [-0.4, -0.2) is 106 Å². The quantitative estimate of drug-likeness (QED) is 0.293. The predicted octanol–water partition coefficient (Wildman–Crippen LogP) is -3.47. The monoisotopic (exact) mass is 354 g/mol. The van der Waals surface area contributed by atoms with Crippen molar-refractivity contribution in [2.75, 3.05) is 20.3 Å². The van der Waals surface area contributed by atoms with E-state index in [0.29, 0.717) is 0 Å². The topological polar surface area (TPSA) is 158 Å². The van der Waals surface area contributed by atoms with Gasteiger partial charge in [-0.2, -0.15) is 0 Å². The molecule has 10 nitrogen and oxygen atoms in total. The normalized spacial score (nSPS) is 50.0. The first-order valence-corrected chi connectivity index (χ1v) is 7.78. The molecule has 2 fully saturated rings. The molecular formula is C14H26O10. The lowest BCUT2D eigenvalue weighted by molar-refractivity contribution is -0.353. The zero-order chi connectivity index (χ0) is 18.0. The minimum Gasteiger partial charge on any atom is -0.394 e. The van der Waals surface area contributed by atoms with Crippen LogP contribution in [0, 0.1) is 5.92 Å². The fraction of sp³-hybridized carbons (Fsp3) is 1.00. The average Bonchev–Trinajstić information content (AvgIpc) is 2.59. The van der Waals surface area contributed by atoms with Gasteiger partial charge in [0.15, 0.2) is 12.6 Å². The molecule has 2 rings (SSSR count). The Morgan fingerprint density at radius 3 is 1.88 bits per heavy atom. The molecule has 10 heteroatoms. The Kier molecular flexibility index (Phi) is 6.90. The summed E-state index contributed by atoms with van der Waals surface area (Å²) in [6, 6.07) is 0. The van der Waals surface area contributed by atoms with Gasteiger partial charge in [-0.25, -0.2) is 0 Å². The molecule has 0 aliphatic carbocycles. The first-order chi connectivity index (χ1) is 11.3. The molecule has 2 heterocycles. The summed E-state index contributed by atoms with van der Waals surface area (Å²) in [5, 5.41) is 59.0. The molecule has 10 atom stereocenters. The lowest BCUT2D eigenvalue weighted by Gasteiger charge is -2.46. The van der Waals surface area contributed by atoms with E-state index in [9.17, 15) is 30.6 Å². The molecule has 2 aliphatic rings. The molecule has 0 aromatic rings. The van der Waals surface area contributed by atoms with Crippen LogP contribution < -0.4 is 0 Å². The molecule has 5 unspecified atom stereocenters. The lowest BCUT2D eigenvalue weighted by atomic mass is 9.91. The third kappa shape index (κ3) is 3.73. The Morgan fingerprint density at radius 2 is 1.33 bits per heavy atom. The highest BCUT2D eigenvalue weighted by molar-refractivity contribution is 4.93. The number of aliphatic hydroxyl groups is 6. The minimum absolute atomic E-state index is 0.396. The van der Waals surface area contributed by atoms with Gasteiger partial charge in [-0.05, 0) is 0 Å². The summed E-state index contributed by atoms with van der Waals surface area (Å²) < 4.78 is 21.1. The Morgan fingerprint density at radius 1 is 0.792 bits per heavy atom. The fourth-order valence-corrected chi connectivity index (χ4v) is 2.96. The number of hydrogen-bond acceptors (Lipinski definition) is 10. The van der Waals surface area contributed by atoms with Gasteiger partial charge >= 0.3 is 0 Å². The van der Waals surface area contributed by atoms with Crippen molar-refractivity contribution >= 4 is 0 Å². The largest absolute Gasteiger partial charge is 0.394 e. The van der Waals surface area contributed by atoms with Gasteiger partial charge in [-0.1, -0.05) is 6.92 Å². The second-order valence-electron chi connectivity index (χ2n) is 6.11. The van der Waals surface area contributed by atoms with Crippen molar-refractivity contribution in [3.8, 4) is 0 Å². The van der Waals surface area contributed by atoms with E-state index in [1.807, 2.05) is 0 Å². The van der Waals surface area contributed by atoms with Crippen LogP contribution in [0.1, 0.15) is 6.92 Å². The van der Waals surface area contributed by atoms with E-state index in [4.69, 9.17) is 18.9 Å². The summed E-state index contributed by atoms with van der Waals surface area (Å²) in [5.41, 5.74) is 0. The lowest BCUT2D eigenvalue weighted by Crippen LogP contribution is -2.63. The number of hydrogen-bond donors (Lipinski definition) is 6. The highest BCUT2D eigenvalue weighted by Crippen LogP contribution is 2.31. The summed E-state index contributed by atoms with van der Waals surface area (Å²) >= 11 is 0. The van der Waals surface area contributed by atoms with Crippen molar-refractivity contribution in [3.63, 3.8) is 0 Å². The molecule has 0 spiro atoms. The highest BCUT2D eigenvalue weighted by Gasteiger charge is 2.49. The molecule has 2 saturated heterocycles. The summed E-state index contributed by atoms with van der Waals surface area (Å²) in [6.07, 6.45) is -11.2. The number of aliphatic hydroxyl groups excluding tert-OH is 6. The van der Waals surface area contributed by atoms with Gasteiger partial charge in [-0.3, -0.25) is 0 Å².